The zero-order chi connectivity index (χ0) is 12.5. The van der Waals surface area contributed by atoms with Crippen LogP contribution in [0.25, 0.3) is 0 Å². The number of allylic oxidation sites excluding steroid dienone is 2. The summed E-state index contributed by atoms with van der Waals surface area (Å²) in [5.41, 5.74) is 0. The van der Waals surface area contributed by atoms with Gasteiger partial charge in [0.2, 0.25) is 0 Å². The highest BCUT2D eigenvalue weighted by Crippen LogP contribution is 2.13. The SMILES string of the molecule is C1=COC(OCCCCOC2CCC=CO2)CC1. The highest BCUT2D eigenvalue weighted by molar-refractivity contribution is 4.79. The lowest BCUT2D eigenvalue weighted by Crippen LogP contribution is -2.19. The molecule has 2 heterocycles. The van der Waals surface area contributed by atoms with Gasteiger partial charge in [-0.2, -0.15) is 0 Å². The van der Waals surface area contributed by atoms with Crippen LogP contribution in [0.4, 0.5) is 0 Å². The second kappa shape index (κ2) is 8.16. The van der Waals surface area contributed by atoms with Crippen molar-refractivity contribution >= 4 is 0 Å². The van der Waals surface area contributed by atoms with E-state index in [4.69, 9.17) is 18.9 Å². The van der Waals surface area contributed by atoms with Crippen molar-refractivity contribution < 1.29 is 18.9 Å². The van der Waals surface area contributed by atoms with Crippen LogP contribution in [0.1, 0.15) is 38.5 Å². The summed E-state index contributed by atoms with van der Waals surface area (Å²) in [4.78, 5) is 0. The number of hydrogen-bond donors (Lipinski definition) is 0. The maximum Gasteiger partial charge on any atom is 0.199 e. The molecule has 4 heteroatoms. The van der Waals surface area contributed by atoms with Crippen LogP contribution >= 0.6 is 0 Å². The molecule has 0 spiro atoms. The van der Waals surface area contributed by atoms with Gasteiger partial charge in [-0.1, -0.05) is 0 Å². The average Bonchev–Trinajstić information content (AvgIpc) is 2.45. The fraction of sp³-hybridized carbons (Fsp3) is 0.714. The molecule has 0 amide bonds. The molecule has 0 N–H and O–H groups in total. The molecule has 4 nitrogen and oxygen atoms in total. The fourth-order valence-electron chi connectivity index (χ4n) is 1.90. The van der Waals surface area contributed by atoms with Crippen LogP contribution in [-0.4, -0.2) is 25.8 Å². The van der Waals surface area contributed by atoms with Gasteiger partial charge in [0.1, 0.15) is 0 Å². The fourth-order valence-corrected chi connectivity index (χ4v) is 1.90. The predicted octanol–water partition coefficient (Wildman–Crippen LogP) is 3.10. The molecule has 0 saturated carbocycles. The third kappa shape index (κ3) is 5.10. The van der Waals surface area contributed by atoms with Crippen molar-refractivity contribution in [1.82, 2.24) is 0 Å². The van der Waals surface area contributed by atoms with Crippen LogP contribution < -0.4 is 0 Å². The second-order valence-electron chi connectivity index (χ2n) is 4.48. The van der Waals surface area contributed by atoms with Crippen LogP contribution in [0.3, 0.4) is 0 Å². The normalized spacial score (nSPS) is 26.7. The van der Waals surface area contributed by atoms with Crippen LogP contribution in [0.5, 0.6) is 0 Å². The van der Waals surface area contributed by atoms with E-state index >= 15 is 0 Å². The topological polar surface area (TPSA) is 36.9 Å². The minimum absolute atomic E-state index is 0.0530. The summed E-state index contributed by atoms with van der Waals surface area (Å²) >= 11 is 0. The van der Waals surface area contributed by atoms with Crippen molar-refractivity contribution in [3.63, 3.8) is 0 Å². The molecule has 2 atom stereocenters. The Kier molecular flexibility index (Phi) is 6.09. The highest BCUT2D eigenvalue weighted by Gasteiger charge is 2.11. The van der Waals surface area contributed by atoms with Gasteiger partial charge in [-0.05, 0) is 37.8 Å². The van der Waals surface area contributed by atoms with Gasteiger partial charge in [0.25, 0.3) is 0 Å². The van der Waals surface area contributed by atoms with Crippen LogP contribution in [0.15, 0.2) is 24.7 Å². The van der Waals surface area contributed by atoms with Gasteiger partial charge in [-0.15, -0.1) is 0 Å². The van der Waals surface area contributed by atoms with E-state index in [2.05, 4.69) is 0 Å². The molecule has 0 saturated heterocycles. The minimum atomic E-state index is -0.0530. The lowest BCUT2D eigenvalue weighted by Gasteiger charge is -2.20. The first kappa shape index (κ1) is 13.4. The number of ether oxygens (including phenoxy) is 4. The molecule has 0 aromatic heterocycles. The molecule has 0 aromatic carbocycles. The van der Waals surface area contributed by atoms with Crippen molar-refractivity contribution in [1.29, 1.82) is 0 Å². The second-order valence-corrected chi connectivity index (χ2v) is 4.48. The quantitative estimate of drug-likeness (QED) is 0.654. The summed E-state index contributed by atoms with van der Waals surface area (Å²) in [6, 6.07) is 0. The first-order valence-corrected chi connectivity index (χ1v) is 6.79. The summed E-state index contributed by atoms with van der Waals surface area (Å²) in [5.74, 6) is 0. The Morgan fingerprint density at radius 2 is 1.33 bits per heavy atom. The number of rotatable bonds is 7. The van der Waals surface area contributed by atoms with Crippen molar-refractivity contribution in [3.8, 4) is 0 Å². The Morgan fingerprint density at radius 3 is 1.72 bits per heavy atom. The first-order chi connectivity index (χ1) is 8.95. The van der Waals surface area contributed by atoms with Gasteiger partial charge in [0, 0.05) is 12.8 Å². The van der Waals surface area contributed by atoms with Crippen molar-refractivity contribution in [2.24, 2.45) is 0 Å². The van der Waals surface area contributed by atoms with Crippen LogP contribution in [0, 0.1) is 0 Å². The Hall–Kier alpha value is -1.00. The third-order valence-corrected chi connectivity index (χ3v) is 2.94. The molecule has 0 aliphatic carbocycles. The van der Waals surface area contributed by atoms with Gasteiger partial charge in [0.15, 0.2) is 12.6 Å². The maximum atomic E-state index is 5.60. The van der Waals surface area contributed by atoms with Gasteiger partial charge >= 0.3 is 0 Å². The molecular formula is C14H22O4. The van der Waals surface area contributed by atoms with Gasteiger partial charge in [-0.25, -0.2) is 0 Å². The van der Waals surface area contributed by atoms with Crippen molar-refractivity contribution in [2.45, 2.75) is 51.1 Å². The zero-order valence-corrected chi connectivity index (χ0v) is 10.8. The molecule has 18 heavy (non-hydrogen) atoms. The van der Waals surface area contributed by atoms with E-state index in [0.717, 1.165) is 51.7 Å². The Balaban J connectivity index is 1.41. The van der Waals surface area contributed by atoms with E-state index in [-0.39, 0.29) is 12.6 Å². The van der Waals surface area contributed by atoms with Crippen LogP contribution in [-0.2, 0) is 18.9 Å². The van der Waals surface area contributed by atoms with Crippen LogP contribution in [0.2, 0.25) is 0 Å². The molecule has 0 radical (unpaired) electrons. The molecule has 0 fully saturated rings. The summed E-state index contributed by atoms with van der Waals surface area (Å²) in [7, 11) is 0. The summed E-state index contributed by atoms with van der Waals surface area (Å²) < 4.78 is 21.8. The van der Waals surface area contributed by atoms with Gasteiger partial charge in [0.05, 0.1) is 25.7 Å². The highest BCUT2D eigenvalue weighted by atomic mass is 16.7. The monoisotopic (exact) mass is 254 g/mol. The van der Waals surface area contributed by atoms with Crippen molar-refractivity contribution in [3.05, 3.63) is 24.7 Å². The number of hydrogen-bond acceptors (Lipinski definition) is 4. The lowest BCUT2D eigenvalue weighted by molar-refractivity contribution is -0.126. The minimum Gasteiger partial charge on any atom is -0.473 e. The third-order valence-electron chi connectivity index (χ3n) is 2.94. The van der Waals surface area contributed by atoms with E-state index < -0.39 is 0 Å². The molecular weight excluding hydrogens is 232 g/mol. The Labute approximate surface area is 109 Å². The molecule has 2 aliphatic heterocycles. The van der Waals surface area contributed by atoms with E-state index in [1.807, 2.05) is 12.2 Å². The molecule has 0 aromatic rings. The first-order valence-electron chi connectivity index (χ1n) is 6.79. The number of unbranched alkanes of at least 4 members (excludes halogenated alkanes) is 1. The smallest absolute Gasteiger partial charge is 0.199 e. The summed E-state index contributed by atoms with van der Waals surface area (Å²) in [6.07, 6.45) is 13.4. The lowest BCUT2D eigenvalue weighted by atomic mass is 10.2. The Bertz CT molecular complexity index is 247. The predicted molar refractivity (Wildman–Crippen MR) is 67.6 cm³/mol. The Morgan fingerprint density at radius 1 is 0.833 bits per heavy atom. The van der Waals surface area contributed by atoms with Gasteiger partial charge < -0.3 is 18.9 Å². The largest absolute Gasteiger partial charge is 0.473 e. The van der Waals surface area contributed by atoms with E-state index in [1.165, 1.54) is 0 Å². The molecule has 2 aliphatic rings. The molecule has 102 valence electrons. The molecule has 0 bridgehead atoms. The van der Waals surface area contributed by atoms with E-state index in [1.54, 1.807) is 12.5 Å². The van der Waals surface area contributed by atoms with E-state index in [0.29, 0.717) is 0 Å². The maximum absolute atomic E-state index is 5.60. The van der Waals surface area contributed by atoms with Crippen molar-refractivity contribution in [2.75, 3.05) is 13.2 Å². The molecule has 2 rings (SSSR count). The average molecular weight is 254 g/mol. The van der Waals surface area contributed by atoms with E-state index in [9.17, 15) is 0 Å². The van der Waals surface area contributed by atoms with Gasteiger partial charge in [-0.3, -0.25) is 0 Å². The summed E-state index contributed by atoms with van der Waals surface area (Å²) in [5, 5.41) is 0. The zero-order valence-electron chi connectivity index (χ0n) is 10.8. The summed E-state index contributed by atoms with van der Waals surface area (Å²) in [6.45, 7) is 1.46. The standard InChI is InChI=1S/C14H22O4/c1-3-9-15-13(7-1)17-11-5-6-12-18-14-8-2-4-10-16-14/h3-4,9-10,13-14H,1-2,5-8,11-12H2. The molecule has 2 unspecified atom stereocenters.